The molecule has 1 aromatic carbocycles. The molecule has 0 saturated carbocycles. The van der Waals surface area contributed by atoms with E-state index in [4.69, 9.17) is 5.11 Å². The Hall–Kier alpha value is -2.43. The summed E-state index contributed by atoms with van der Waals surface area (Å²) in [7, 11) is 0. The molecule has 1 aliphatic rings. The number of hydrogen-bond acceptors (Lipinski definition) is 3. The van der Waals surface area contributed by atoms with E-state index in [0.717, 1.165) is 16.5 Å². The van der Waals surface area contributed by atoms with Crippen LogP contribution in [0, 0.1) is 19.8 Å². The average molecular weight is 298 g/mol. The zero-order chi connectivity index (χ0) is 15.9. The summed E-state index contributed by atoms with van der Waals surface area (Å²) in [6.07, 6.45) is 0.514. The number of fused-ring (bicyclic) bond motifs is 1. The highest BCUT2D eigenvalue weighted by Crippen LogP contribution is 2.23. The lowest BCUT2D eigenvalue weighted by molar-refractivity contribution is -0.141. The zero-order valence-electron chi connectivity index (χ0n) is 12.7. The molecule has 1 saturated heterocycles. The molecule has 1 amide bonds. The maximum Gasteiger partial charge on any atom is 0.308 e. The molecular weight excluding hydrogens is 280 g/mol. The van der Waals surface area contributed by atoms with Crippen LogP contribution in [0.2, 0.25) is 0 Å². The number of carboxylic acids is 1. The molecule has 2 heterocycles. The third kappa shape index (κ3) is 2.54. The van der Waals surface area contributed by atoms with Crippen LogP contribution in [-0.4, -0.2) is 40.0 Å². The topological polar surface area (TPSA) is 70.5 Å². The molecule has 0 aliphatic carbocycles. The summed E-state index contributed by atoms with van der Waals surface area (Å²) in [6, 6.07) is 7.81. The lowest BCUT2D eigenvalue weighted by Crippen LogP contribution is -2.30. The normalized spacial score (nSPS) is 17.9. The van der Waals surface area contributed by atoms with E-state index in [-0.39, 0.29) is 12.5 Å². The molecule has 5 nitrogen and oxygen atoms in total. The number of aryl methyl sites for hydroxylation is 2. The highest BCUT2D eigenvalue weighted by Gasteiger charge is 2.32. The van der Waals surface area contributed by atoms with Crippen LogP contribution < -0.4 is 0 Å². The minimum atomic E-state index is -0.834. The van der Waals surface area contributed by atoms with Crippen molar-refractivity contribution in [2.45, 2.75) is 20.3 Å². The van der Waals surface area contributed by atoms with E-state index in [1.807, 2.05) is 38.1 Å². The van der Waals surface area contributed by atoms with Crippen molar-refractivity contribution in [1.29, 1.82) is 0 Å². The van der Waals surface area contributed by atoms with Gasteiger partial charge in [0, 0.05) is 18.5 Å². The van der Waals surface area contributed by atoms with E-state index in [2.05, 4.69) is 4.98 Å². The van der Waals surface area contributed by atoms with Crippen LogP contribution in [0.5, 0.6) is 0 Å². The van der Waals surface area contributed by atoms with E-state index < -0.39 is 11.9 Å². The molecule has 1 aromatic heterocycles. The van der Waals surface area contributed by atoms with Gasteiger partial charge in [0.05, 0.1) is 22.7 Å². The number of aliphatic carboxylic acids is 1. The first kappa shape index (κ1) is 14.5. The second-order valence-corrected chi connectivity index (χ2v) is 5.89. The third-order valence-electron chi connectivity index (χ3n) is 4.22. The molecule has 1 fully saturated rings. The van der Waals surface area contributed by atoms with Crippen LogP contribution in [0.15, 0.2) is 24.3 Å². The number of pyridine rings is 1. The van der Waals surface area contributed by atoms with Gasteiger partial charge >= 0.3 is 5.97 Å². The molecule has 1 N–H and O–H groups in total. The highest BCUT2D eigenvalue weighted by atomic mass is 16.4. The van der Waals surface area contributed by atoms with Gasteiger partial charge in [0.1, 0.15) is 0 Å². The molecule has 0 bridgehead atoms. The predicted octanol–water partition coefficient (Wildman–Crippen LogP) is 2.40. The van der Waals surface area contributed by atoms with E-state index in [0.29, 0.717) is 24.2 Å². The zero-order valence-corrected chi connectivity index (χ0v) is 12.7. The second-order valence-electron chi connectivity index (χ2n) is 5.89. The fourth-order valence-electron chi connectivity index (χ4n) is 2.93. The number of hydrogen-bond donors (Lipinski definition) is 1. The van der Waals surface area contributed by atoms with Gasteiger partial charge in [-0.25, -0.2) is 0 Å². The van der Waals surface area contributed by atoms with Gasteiger partial charge in [0.15, 0.2) is 0 Å². The van der Waals surface area contributed by atoms with Crippen LogP contribution in [-0.2, 0) is 4.79 Å². The molecule has 1 atom stereocenters. The van der Waals surface area contributed by atoms with Gasteiger partial charge < -0.3 is 10.0 Å². The minimum Gasteiger partial charge on any atom is -0.481 e. The van der Waals surface area contributed by atoms with E-state index in [9.17, 15) is 9.59 Å². The van der Waals surface area contributed by atoms with Gasteiger partial charge in [-0.1, -0.05) is 11.6 Å². The first-order chi connectivity index (χ1) is 10.5. The molecule has 0 spiro atoms. The van der Waals surface area contributed by atoms with Gasteiger partial charge in [-0.15, -0.1) is 0 Å². The Morgan fingerprint density at radius 3 is 2.73 bits per heavy atom. The van der Waals surface area contributed by atoms with Crippen molar-refractivity contribution in [3.63, 3.8) is 0 Å². The number of aromatic nitrogens is 1. The number of likely N-dealkylation sites (tertiary alicyclic amines) is 1. The van der Waals surface area contributed by atoms with Crippen LogP contribution >= 0.6 is 0 Å². The summed E-state index contributed by atoms with van der Waals surface area (Å²) in [5.41, 5.74) is 3.22. The number of rotatable bonds is 2. The molecule has 22 heavy (non-hydrogen) atoms. The lowest BCUT2D eigenvalue weighted by atomic mass is 10.1. The van der Waals surface area contributed by atoms with Crippen LogP contribution in [0.25, 0.3) is 10.9 Å². The van der Waals surface area contributed by atoms with E-state index >= 15 is 0 Å². The maximum atomic E-state index is 12.7. The van der Waals surface area contributed by atoms with Gasteiger partial charge in [-0.3, -0.25) is 14.6 Å². The van der Waals surface area contributed by atoms with Crippen LogP contribution in [0.3, 0.4) is 0 Å². The molecule has 1 unspecified atom stereocenters. The van der Waals surface area contributed by atoms with Crippen molar-refractivity contribution in [1.82, 2.24) is 9.88 Å². The van der Waals surface area contributed by atoms with Gasteiger partial charge in [0.25, 0.3) is 5.91 Å². The summed E-state index contributed by atoms with van der Waals surface area (Å²) < 4.78 is 0. The Balaban J connectivity index is 1.94. The number of carboxylic acid groups (broad SMARTS) is 1. The Kier molecular flexibility index (Phi) is 3.56. The molecule has 1 aliphatic heterocycles. The van der Waals surface area contributed by atoms with Gasteiger partial charge in [0.2, 0.25) is 0 Å². The Labute approximate surface area is 128 Å². The summed E-state index contributed by atoms with van der Waals surface area (Å²) >= 11 is 0. The first-order valence-electron chi connectivity index (χ1n) is 7.36. The van der Waals surface area contributed by atoms with Crippen LogP contribution in [0.4, 0.5) is 0 Å². The summed E-state index contributed by atoms with van der Waals surface area (Å²) in [6.45, 7) is 4.58. The standard InChI is InChI=1S/C17H18N2O3/c1-10-3-4-15-13(7-10)8-14(11(2)18-15)16(20)19-6-5-12(9-19)17(21)22/h3-4,7-8,12H,5-6,9H2,1-2H3,(H,21,22). The number of carbonyl (C=O) groups excluding carboxylic acids is 1. The smallest absolute Gasteiger partial charge is 0.308 e. The van der Waals surface area contributed by atoms with Crippen molar-refractivity contribution in [3.8, 4) is 0 Å². The minimum absolute atomic E-state index is 0.128. The average Bonchev–Trinajstić information content (AvgIpc) is 2.96. The largest absolute Gasteiger partial charge is 0.481 e. The van der Waals surface area contributed by atoms with Gasteiger partial charge in [-0.2, -0.15) is 0 Å². The highest BCUT2D eigenvalue weighted by molar-refractivity contribution is 5.99. The SMILES string of the molecule is Cc1ccc2nc(C)c(C(=O)N3CCC(C(=O)O)C3)cc2c1. The predicted molar refractivity (Wildman–Crippen MR) is 82.9 cm³/mol. The lowest BCUT2D eigenvalue weighted by Gasteiger charge is -2.17. The molecular formula is C17H18N2O3. The number of benzene rings is 1. The fraction of sp³-hybridized carbons (Fsp3) is 0.353. The molecule has 114 valence electrons. The van der Waals surface area contributed by atoms with Crippen molar-refractivity contribution in [2.24, 2.45) is 5.92 Å². The Bertz CT molecular complexity index is 770. The van der Waals surface area contributed by atoms with E-state index in [1.54, 1.807) is 4.90 Å². The second kappa shape index (κ2) is 5.40. The van der Waals surface area contributed by atoms with Gasteiger partial charge in [-0.05, 0) is 38.5 Å². The quantitative estimate of drug-likeness (QED) is 0.924. The molecule has 5 heteroatoms. The number of nitrogens with zero attached hydrogens (tertiary/aromatic N) is 2. The summed E-state index contributed by atoms with van der Waals surface area (Å²) in [4.78, 5) is 29.8. The number of carbonyl (C=O) groups is 2. The Morgan fingerprint density at radius 1 is 1.27 bits per heavy atom. The van der Waals surface area contributed by atoms with E-state index in [1.165, 1.54) is 0 Å². The Morgan fingerprint density at radius 2 is 2.05 bits per heavy atom. The third-order valence-corrected chi connectivity index (χ3v) is 4.22. The summed E-state index contributed by atoms with van der Waals surface area (Å²) in [5, 5.41) is 9.99. The fourth-order valence-corrected chi connectivity index (χ4v) is 2.93. The maximum absolute atomic E-state index is 12.7. The molecule has 0 radical (unpaired) electrons. The molecule has 3 rings (SSSR count). The van der Waals surface area contributed by atoms with Crippen molar-refractivity contribution >= 4 is 22.8 Å². The monoisotopic (exact) mass is 298 g/mol. The molecule has 2 aromatic rings. The summed E-state index contributed by atoms with van der Waals surface area (Å²) in [5.74, 6) is -1.42. The number of amides is 1. The first-order valence-corrected chi connectivity index (χ1v) is 7.36. The van der Waals surface area contributed by atoms with Crippen LogP contribution in [0.1, 0.15) is 28.0 Å². The van der Waals surface area contributed by atoms with Crippen molar-refractivity contribution in [2.75, 3.05) is 13.1 Å². The van der Waals surface area contributed by atoms with Crippen molar-refractivity contribution < 1.29 is 14.7 Å². The van der Waals surface area contributed by atoms with Crippen molar-refractivity contribution in [3.05, 3.63) is 41.1 Å².